The molecule has 0 radical (unpaired) electrons. The molecule has 80 valence electrons. The zero-order valence-corrected chi connectivity index (χ0v) is 8.75. The molecule has 0 saturated carbocycles. The van der Waals surface area contributed by atoms with Crippen molar-refractivity contribution in [3.63, 3.8) is 0 Å². The van der Waals surface area contributed by atoms with Gasteiger partial charge in [-0.1, -0.05) is 0 Å². The lowest BCUT2D eigenvalue weighted by Crippen LogP contribution is -2.20. The van der Waals surface area contributed by atoms with Gasteiger partial charge in [-0.2, -0.15) is 0 Å². The van der Waals surface area contributed by atoms with Crippen LogP contribution in [-0.2, 0) is 18.9 Å². The van der Waals surface area contributed by atoms with E-state index < -0.39 is 0 Å². The van der Waals surface area contributed by atoms with Crippen LogP contribution in [0.2, 0.25) is 0 Å². The molecule has 4 heteroatoms. The predicted octanol–water partition coefficient (Wildman–Crippen LogP) is 1.40. The normalized spacial score (nSPS) is 21.9. The first-order valence-corrected chi connectivity index (χ1v) is 4.47. The van der Waals surface area contributed by atoms with Gasteiger partial charge in [-0.15, -0.1) is 0 Å². The van der Waals surface area contributed by atoms with Gasteiger partial charge < -0.3 is 18.9 Å². The lowest BCUT2D eigenvalue weighted by molar-refractivity contribution is -0.145. The van der Waals surface area contributed by atoms with Crippen molar-refractivity contribution >= 4 is 0 Å². The highest BCUT2D eigenvalue weighted by Crippen LogP contribution is 2.11. The Morgan fingerprint density at radius 3 is 2.08 bits per heavy atom. The quantitative estimate of drug-likeness (QED) is 0.633. The van der Waals surface area contributed by atoms with Gasteiger partial charge >= 0.3 is 0 Å². The van der Waals surface area contributed by atoms with Crippen LogP contribution >= 0.6 is 0 Å². The Morgan fingerprint density at radius 1 is 1.15 bits per heavy atom. The maximum absolute atomic E-state index is 5.20. The van der Waals surface area contributed by atoms with Crippen molar-refractivity contribution < 1.29 is 18.9 Å². The summed E-state index contributed by atoms with van der Waals surface area (Å²) in [6.45, 7) is 1.26. The smallest absolute Gasteiger partial charge is 0.157 e. The molecular weight excluding hydrogens is 172 g/mol. The minimum atomic E-state index is 0.0868. The number of hydrogen-bond acceptors (Lipinski definition) is 4. The Bertz CT molecular complexity index is 89.6. The van der Waals surface area contributed by atoms with Crippen molar-refractivity contribution in [1.82, 2.24) is 0 Å². The highest BCUT2D eigenvalue weighted by Gasteiger charge is 2.10. The summed E-state index contributed by atoms with van der Waals surface area (Å²) in [5.74, 6) is 0. The van der Waals surface area contributed by atoms with E-state index in [0.29, 0.717) is 6.79 Å². The van der Waals surface area contributed by atoms with Crippen molar-refractivity contribution in [3.05, 3.63) is 0 Å². The van der Waals surface area contributed by atoms with Crippen LogP contribution in [0.25, 0.3) is 0 Å². The van der Waals surface area contributed by atoms with E-state index in [0.717, 1.165) is 13.0 Å². The van der Waals surface area contributed by atoms with Gasteiger partial charge in [0.05, 0.1) is 0 Å². The molecule has 1 aliphatic rings. The Hall–Kier alpha value is -0.160. The highest BCUT2D eigenvalue weighted by molar-refractivity contribution is 4.52. The summed E-state index contributed by atoms with van der Waals surface area (Å²) in [5.41, 5.74) is 0. The van der Waals surface area contributed by atoms with Gasteiger partial charge in [-0.05, 0) is 19.3 Å². The zero-order chi connectivity index (χ0) is 9.94. The Morgan fingerprint density at radius 2 is 1.85 bits per heavy atom. The summed E-state index contributed by atoms with van der Waals surface area (Å²) in [6.07, 6.45) is 3.60. The molecule has 13 heavy (non-hydrogen) atoms. The monoisotopic (exact) mass is 192 g/mol. The van der Waals surface area contributed by atoms with Gasteiger partial charge in [-0.25, -0.2) is 0 Å². The first kappa shape index (κ1) is 12.8. The summed E-state index contributed by atoms with van der Waals surface area (Å²) >= 11 is 0. The molecule has 0 amide bonds. The molecule has 0 spiro atoms. The molecule has 1 rings (SSSR count). The van der Waals surface area contributed by atoms with E-state index in [1.165, 1.54) is 12.8 Å². The Kier molecular flexibility index (Phi) is 9.80. The minimum absolute atomic E-state index is 0.0868. The van der Waals surface area contributed by atoms with Gasteiger partial charge in [-0.3, -0.25) is 0 Å². The van der Waals surface area contributed by atoms with Crippen LogP contribution in [0.4, 0.5) is 0 Å². The van der Waals surface area contributed by atoms with E-state index in [9.17, 15) is 0 Å². The third-order valence-electron chi connectivity index (χ3n) is 1.64. The topological polar surface area (TPSA) is 36.9 Å². The molecule has 0 aliphatic carbocycles. The fourth-order valence-corrected chi connectivity index (χ4v) is 1.01. The first-order valence-electron chi connectivity index (χ1n) is 4.47. The molecule has 1 aliphatic heterocycles. The molecular formula is C9H20O4. The van der Waals surface area contributed by atoms with Crippen LogP contribution in [0, 0.1) is 0 Å². The summed E-state index contributed by atoms with van der Waals surface area (Å²) in [5, 5.41) is 0. The van der Waals surface area contributed by atoms with Crippen LogP contribution in [0.5, 0.6) is 0 Å². The van der Waals surface area contributed by atoms with Gasteiger partial charge in [0.25, 0.3) is 0 Å². The summed E-state index contributed by atoms with van der Waals surface area (Å²) < 4.78 is 19.1. The molecule has 0 aromatic rings. The van der Waals surface area contributed by atoms with Crippen LogP contribution in [0.3, 0.4) is 0 Å². The summed E-state index contributed by atoms with van der Waals surface area (Å²) in [4.78, 5) is 0. The SMILES string of the molecule is COC1CCCCO1.COCOC. The van der Waals surface area contributed by atoms with Crippen molar-refractivity contribution in [2.75, 3.05) is 34.7 Å². The molecule has 0 aromatic heterocycles. The molecule has 0 N–H and O–H groups in total. The summed E-state index contributed by atoms with van der Waals surface area (Å²) in [7, 11) is 4.86. The van der Waals surface area contributed by atoms with Crippen molar-refractivity contribution in [3.8, 4) is 0 Å². The van der Waals surface area contributed by atoms with Gasteiger partial charge in [0.2, 0.25) is 0 Å². The second-order valence-corrected chi connectivity index (χ2v) is 2.73. The highest BCUT2D eigenvalue weighted by atomic mass is 16.7. The third kappa shape index (κ3) is 8.18. The summed E-state index contributed by atoms with van der Waals surface area (Å²) in [6, 6.07) is 0. The second kappa shape index (κ2) is 9.92. The molecule has 1 unspecified atom stereocenters. The average molecular weight is 192 g/mol. The molecule has 0 aromatic carbocycles. The number of methoxy groups -OCH3 is 3. The Labute approximate surface area is 80.1 Å². The minimum Gasteiger partial charge on any atom is -0.359 e. The van der Waals surface area contributed by atoms with E-state index in [1.54, 1.807) is 21.3 Å². The van der Waals surface area contributed by atoms with Crippen molar-refractivity contribution in [1.29, 1.82) is 0 Å². The number of hydrogen-bond donors (Lipinski definition) is 0. The fourth-order valence-electron chi connectivity index (χ4n) is 1.01. The molecule has 0 bridgehead atoms. The molecule has 4 nitrogen and oxygen atoms in total. The average Bonchev–Trinajstić information content (AvgIpc) is 2.21. The fraction of sp³-hybridized carbons (Fsp3) is 1.00. The van der Waals surface area contributed by atoms with Crippen molar-refractivity contribution in [2.45, 2.75) is 25.6 Å². The van der Waals surface area contributed by atoms with E-state index in [1.807, 2.05) is 0 Å². The maximum atomic E-state index is 5.20. The third-order valence-corrected chi connectivity index (χ3v) is 1.64. The van der Waals surface area contributed by atoms with E-state index in [4.69, 9.17) is 9.47 Å². The zero-order valence-electron chi connectivity index (χ0n) is 8.75. The molecule has 1 atom stereocenters. The number of rotatable bonds is 3. The lowest BCUT2D eigenvalue weighted by Gasteiger charge is -2.20. The van der Waals surface area contributed by atoms with Crippen LogP contribution < -0.4 is 0 Å². The van der Waals surface area contributed by atoms with Crippen LogP contribution in [-0.4, -0.2) is 41.0 Å². The molecule has 1 heterocycles. The molecule has 1 saturated heterocycles. The first-order chi connectivity index (χ1) is 6.35. The van der Waals surface area contributed by atoms with Crippen molar-refractivity contribution in [2.24, 2.45) is 0 Å². The predicted molar refractivity (Wildman–Crippen MR) is 49.5 cm³/mol. The Balaban J connectivity index is 0.000000252. The van der Waals surface area contributed by atoms with Crippen LogP contribution in [0.15, 0.2) is 0 Å². The van der Waals surface area contributed by atoms with E-state index >= 15 is 0 Å². The van der Waals surface area contributed by atoms with Crippen LogP contribution in [0.1, 0.15) is 19.3 Å². The van der Waals surface area contributed by atoms with E-state index in [2.05, 4.69) is 9.47 Å². The largest absolute Gasteiger partial charge is 0.359 e. The standard InChI is InChI=1S/C6H12O2.C3H8O2/c1-7-6-4-2-3-5-8-6;1-4-3-5-2/h6H,2-5H2,1H3;3H2,1-2H3. The van der Waals surface area contributed by atoms with E-state index in [-0.39, 0.29) is 6.29 Å². The van der Waals surface area contributed by atoms with Gasteiger partial charge in [0, 0.05) is 27.9 Å². The lowest BCUT2D eigenvalue weighted by atomic mass is 10.2. The maximum Gasteiger partial charge on any atom is 0.157 e. The van der Waals surface area contributed by atoms with Gasteiger partial charge in [0.15, 0.2) is 6.29 Å². The molecule has 1 fully saturated rings. The number of ether oxygens (including phenoxy) is 4. The van der Waals surface area contributed by atoms with Gasteiger partial charge in [0.1, 0.15) is 6.79 Å². The second-order valence-electron chi connectivity index (χ2n) is 2.73.